The van der Waals surface area contributed by atoms with E-state index in [1.54, 1.807) is 25.1 Å². The van der Waals surface area contributed by atoms with Gasteiger partial charge in [-0.25, -0.2) is 0 Å². The number of carboxylic acid groups (broad SMARTS) is 1. The SMILES string of the molecule is C/C=C/C=C/C(=O)[O-].CC#N.[Na+]. The van der Waals surface area contributed by atoms with Crippen molar-refractivity contribution in [3.05, 3.63) is 24.3 Å². The molecule has 0 heterocycles. The number of hydrogen-bond acceptors (Lipinski definition) is 3. The molecule has 0 fully saturated rings. The van der Waals surface area contributed by atoms with Gasteiger partial charge in [-0.05, 0) is 13.0 Å². The van der Waals surface area contributed by atoms with E-state index in [9.17, 15) is 9.90 Å². The van der Waals surface area contributed by atoms with Crippen molar-refractivity contribution < 1.29 is 39.5 Å². The van der Waals surface area contributed by atoms with Gasteiger partial charge < -0.3 is 9.90 Å². The standard InChI is InChI=1S/C6H8O2.C2H3N.Na/c1-2-3-4-5-6(7)8;1-2-3;/h2-5H,1H3,(H,7,8);1H3;/q;;+1/p-1/b3-2+,5-4+;;. The van der Waals surface area contributed by atoms with Crippen LogP contribution in [0.2, 0.25) is 0 Å². The number of nitrogens with zero attached hydrogens (tertiary/aromatic N) is 1. The number of hydrogen-bond donors (Lipinski definition) is 0. The Balaban J connectivity index is -0.000000177. The molecule has 0 amide bonds. The third-order valence-electron chi connectivity index (χ3n) is 0.536. The molecule has 0 aliphatic rings. The zero-order valence-corrected chi connectivity index (χ0v) is 9.57. The van der Waals surface area contributed by atoms with E-state index in [-0.39, 0.29) is 29.6 Å². The van der Waals surface area contributed by atoms with E-state index >= 15 is 0 Å². The van der Waals surface area contributed by atoms with Crippen molar-refractivity contribution >= 4 is 5.97 Å². The van der Waals surface area contributed by atoms with E-state index in [0.717, 1.165) is 6.08 Å². The fourth-order valence-corrected chi connectivity index (χ4v) is 0.245. The fraction of sp³-hybridized carbons (Fsp3) is 0.250. The molecule has 0 aromatic carbocycles. The average Bonchev–Trinajstić information content (AvgIpc) is 1.89. The number of rotatable bonds is 2. The summed E-state index contributed by atoms with van der Waals surface area (Å²) >= 11 is 0. The van der Waals surface area contributed by atoms with Crippen LogP contribution in [0.3, 0.4) is 0 Å². The topological polar surface area (TPSA) is 63.9 Å². The van der Waals surface area contributed by atoms with Crippen LogP contribution in [0, 0.1) is 11.3 Å². The molecule has 0 unspecified atom stereocenters. The average molecular weight is 175 g/mol. The summed E-state index contributed by atoms with van der Waals surface area (Å²) in [6.07, 6.45) is 5.74. The summed E-state index contributed by atoms with van der Waals surface area (Å²) in [5.74, 6) is -1.16. The minimum atomic E-state index is -1.16. The van der Waals surface area contributed by atoms with Crippen LogP contribution < -0.4 is 34.7 Å². The predicted octanol–water partition coefficient (Wildman–Crippen LogP) is -2.60. The molecular weight excluding hydrogens is 165 g/mol. The first kappa shape index (κ1) is 17.5. The van der Waals surface area contributed by atoms with Crippen LogP contribution in [0.5, 0.6) is 0 Å². The minimum Gasteiger partial charge on any atom is -0.545 e. The summed E-state index contributed by atoms with van der Waals surface area (Å²) in [6, 6.07) is 1.75. The van der Waals surface area contributed by atoms with Crippen LogP contribution in [0.1, 0.15) is 13.8 Å². The molecule has 0 N–H and O–H groups in total. The molecule has 0 aromatic heterocycles. The smallest absolute Gasteiger partial charge is 0.545 e. The molecule has 0 aromatic rings. The maximum absolute atomic E-state index is 9.64. The summed E-state index contributed by atoms with van der Waals surface area (Å²) < 4.78 is 0. The number of carbonyl (C=O) groups excluding carboxylic acids is 1. The molecule has 12 heavy (non-hydrogen) atoms. The largest absolute Gasteiger partial charge is 1.00 e. The van der Waals surface area contributed by atoms with Crippen molar-refractivity contribution in [1.82, 2.24) is 0 Å². The van der Waals surface area contributed by atoms with Gasteiger partial charge in [0.15, 0.2) is 0 Å². The Labute approximate surface area is 94.7 Å². The summed E-state index contributed by atoms with van der Waals surface area (Å²) in [5.41, 5.74) is 0. The molecule has 0 saturated carbocycles. The van der Waals surface area contributed by atoms with Crippen LogP contribution in [0.25, 0.3) is 0 Å². The zero-order valence-electron chi connectivity index (χ0n) is 7.57. The first-order valence-corrected chi connectivity index (χ1v) is 3.00. The molecular formula is C8H10NNaO2. The monoisotopic (exact) mass is 175 g/mol. The van der Waals surface area contributed by atoms with Crippen molar-refractivity contribution in [2.45, 2.75) is 13.8 Å². The van der Waals surface area contributed by atoms with Crippen molar-refractivity contribution in [3.8, 4) is 6.07 Å². The van der Waals surface area contributed by atoms with E-state index in [0.29, 0.717) is 0 Å². The van der Waals surface area contributed by atoms with Gasteiger partial charge in [0.2, 0.25) is 0 Å². The molecule has 0 radical (unpaired) electrons. The van der Waals surface area contributed by atoms with Gasteiger partial charge in [0, 0.05) is 6.92 Å². The first-order valence-electron chi connectivity index (χ1n) is 3.00. The quantitative estimate of drug-likeness (QED) is 0.263. The summed E-state index contributed by atoms with van der Waals surface area (Å²) in [5, 5.41) is 17.0. The van der Waals surface area contributed by atoms with Gasteiger partial charge in [-0.2, -0.15) is 5.26 Å². The van der Waals surface area contributed by atoms with Gasteiger partial charge in [0.25, 0.3) is 0 Å². The second kappa shape index (κ2) is 16.8. The molecule has 0 aliphatic heterocycles. The first-order chi connectivity index (χ1) is 5.18. The molecule has 0 atom stereocenters. The Morgan fingerprint density at radius 1 is 1.50 bits per heavy atom. The van der Waals surface area contributed by atoms with Crippen LogP contribution in [-0.4, -0.2) is 5.97 Å². The van der Waals surface area contributed by atoms with Gasteiger partial charge in [0.1, 0.15) is 0 Å². The molecule has 60 valence electrons. The number of allylic oxidation sites excluding steroid dienone is 3. The molecule has 0 rings (SSSR count). The van der Waals surface area contributed by atoms with Crippen LogP contribution in [0.4, 0.5) is 0 Å². The van der Waals surface area contributed by atoms with Gasteiger partial charge in [0.05, 0.1) is 12.0 Å². The number of aliphatic carboxylic acids is 1. The normalized spacial score (nSPS) is 8.08. The summed E-state index contributed by atoms with van der Waals surface area (Å²) in [4.78, 5) is 9.64. The second-order valence-corrected chi connectivity index (χ2v) is 1.43. The Kier molecular flexibility index (Phi) is 24.5. The van der Waals surface area contributed by atoms with Crippen molar-refractivity contribution in [3.63, 3.8) is 0 Å². The van der Waals surface area contributed by atoms with Crippen LogP contribution >= 0.6 is 0 Å². The van der Waals surface area contributed by atoms with Gasteiger partial charge in [-0.3, -0.25) is 0 Å². The Morgan fingerprint density at radius 3 is 2.17 bits per heavy atom. The summed E-state index contributed by atoms with van der Waals surface area (Å²) in [7, 11) is 0. The maximum atomic E-state index is 9.64. The fourth-order valence-electron chi connectivity index (χ4n) is 0.245. The number of carboxylic acids is 1. The van der Waals surface area contributed by atoms with Crippen molar-refractivity contribution in [2.75, 3.05) is 0 Å². The van der Waals surface area contributed by atoms with Gasteiger partial charge in [-0.15, -0.1) is 0 Å². The predicted molar refractivity (Wildman–Crippen MR) is 40.2 cm³/mol. The second-order valence-electron chi connectivity index (χ2n) is 1.43. The third kappa shape index (κ3) is 34.1. The molecule has 0 saturated heterocycles. The van der Waals surface area contributed by atoms with E-state index in [4.69, 9.17) is 5.26 Å². The number of nitriles is 1. The van der Waals surface area contributed by atoms with Crippen LogP contribution in [-0.2, 0) is 4.79 Å². The van der Waals surface area contributed by atoms with E-state index in [1.807, 2.05) is 0 Å². The van der Waals surface area contributed by atoms with Crippen molar-refractivity contribution in [1.29, 1.82) is 5.26 Å². The molecule has 0 bridgehead atoms. The van der Waals surface area contributed by atoms with Crippen molar-refractivity contribution in [2.24, 2.45) is 0 Å². The van der Waals surface area contributed by atoms with E-state index < -0.39 is 5.97 Å². The van der Waals surface area contributed by atoms with Gasteiger partial charge in [-0.1, -0.05) is 18.2 Å². The van der Waals surface area contributed by atoms with E-state index in [1.165, 1.54) is 13.0 Å². The van der Waals surface area contributed by atoms with E-state index in [2.05, 4.69) is 0 Å². The third-order valence-corrected chi connectivity index (χ3v) is 0.536. The van der Waals surface area contributed by atoms with Gasteiger partial charge >= 0.3 is 29.6 Å². The number of carbonyl (C=O) groups is 1. The summed E-state index contributed by atoms with van der Waals surface area (Å²) in [6.45, 7) is 3.24. The minimum absolute atomic E-state index is 0. The molecule has 0 spiro atoms. The molecule has 4 heteroatoms. The Morgan fingerprint density at radius 2 is 1.92 bits per heavy atom. The Bertz CT molecular complexity index is 192. The zero-order chi connectivity index (χ0) is 9.11. The van der Waals surface area contributed by atoms with Crippen LogP contribution in [0.15, 0.2) is 24.3 Å². The maximum Gasteiger partial charge on any atom is 1.00 e. The Hall–Kier alpha value is -0.560. The molecule has 3 nitrogen and oxygen atoms in total. The molecule has 0 aliphatic carbocycles.